The molecule has 0 saturated carbocycles. The molecule has 0 fully saturated rings. The Kier molecular flexibility index (Phi) is 3.97. The van der Waals surface area contributed by atoms with E-state index in [1.165, 1.54) is 4.90 Å². The van der Waals surface area contributed by atoms with Gasteiger partial charge < -0.3 is 4.90 Å². The lowest BCUT2D eigenvalue weighted by atomic mass is 10.1. The fourth-order valence-electron chi connectivity index (χ4n) is 1.22. The molecule has 0 heterocycles. The number of carbonyl (C=O) groups is 1. The van der Waals surface area contributed by atoms with Crippen molar-refractivity contribution in [3.8, 4) is 0 Å². The third-order valence-corrected chi connectivity index (χ3v) is 2.11. The SMILES string of the molecule is C[C](CN=O)C(=O)N(C)c1ccccc1. The van der Waals surface area contributed by atoms with Crippen molar-refractivity contribution in [1.29, 1.82) is 0 Å². The highest BCUT2D eigenvalue weighted by Crippen LogP contribution is 2.14. The lowest BCUT2D eigenvalue weighted by Crippen LogP contribution is -2.31. The molecule has 15 heavy (non-hydrogen) atoms. The Morgan fingerprint density at radius 2 is 1.93 bits per heavy atom. The van der Waals surface area contributed by atoms with E-state index >= 15 is 0 Å². The molecule has 1 aromatic rings. The van der Waals surface area contributed by atoms with Gasteiger partial charge in [0.15, 0.2) is 0 Å². The monoisotopic (exact) mass is 205 g/mol. The van der Waals surface area contributed by atoms with E-state index in [4.69, 9.17) is 0 Å². The highest BCUT2D eigenvalue weighted by Gasteiger charge is 2.19. The number of nitroso groups, excluding NO2 is 1. The summed E-state index contributed by atoms with van der Waals surface area (Å²) in [6, 6.07) is 9.25. The van der Waals surface area contributed by atoms with Gasteiger partial charge in [-0.25, -0.2) is 0 Å². The Bertz CT molecular complexity index is 338. The van der Waals surface area contributed by atoms with E-state index in [2.05, 4.69) is 5.18 Å². The van der Waals surface area contributed by atoms with Gasteiger partial charge >= 0.3 is 0 Å². The first kappa shape index (κ1) is 11.4. The van der Waals surface area contributed by atoms with Crippen molar-refractivity contribution in [3.05, 3.63) is 41.2 Å². The number of rotatable bonds is 4. The van der Waals surface area contributed by atoms with Crippen molar-refractivity contribution in [2.45, 2.75) is 6.92 Å². The molecule has 0 unspecified atom stereocenters. The number of carbonyl (C=O) groups excluding carboxylic acids is 1. The van der Waals surface area contributed by atoms with Crippen molar-refractivity contribution >= 4 is 11.6 Å². The molecular weight excluding hydrogens is 192 g/mol. The maximum Gasteiger partial charge on any atom is 0.235 e. The summed E-state index contributed by atoms with van der Waals surface area (Å²) in [6.07, 6.45) is 0. The van der Waals surface area contributed by atoms with Gasteiger partial charge in [-0.05, 0) is 19.1 Å². The average molecular weight is 205 g/mol. The van der Waals surface area contributed by atoms with Crippen LogP contribution in [0.4, 0.5) is 5.69 Å². The zero-order valence-electron chi connectivity index (χ0n) is 8.80. The number of para-hydroxylation sites is 1. The summed E-state index contributed by atoms with van der Waals surface area (Å²) in [5.74, 6) is 0.261. The molecule has 1 amide bonds. The van der Waals surface area contributed by atoms with E-state index in [9.17, 15) is 9.70 Å². The van der Waals surface area contributed by atoms with E-state index in [0.29, 0.717) is 5.92 Å². The van der Waals surface area contributed by atoms with Crippen molar-refractivity contribution < 1.29 is 4.79 Å². The van der Waals surface area contributed by atoms with Gasteiger partial charge in [0, 0.05) is 12.7 Å². The van der Waals surface area contributed by atoms with Crippen LogP contribution >= 0.6 is 0 Å². The largest absolute Gasteiger partial charge is 0.315 e. The van der Waals surface area contributed by atoms with Crippen LogP contribution in [0.25, 0.3) is 0 Å². The first-order chi connectivity index (χ1) is 7.16. The van der Waals surface area contributed by atoms with Gasteiger partial charge in [0.05, 0.1) is 12.5 Å². The van der Waals surface area contributed by atoms with E-state index < -0.39 is 0 Å². The Labute approximate surface area is 88.9 Å². The second-order valence-electron chi connectivity index (χ2n) is 3.27. The lowest BCUT2D eigenvalue weighted by Gasteiger charge is -2.19. The van der Waals surface area contributed by atoms with Gasteiger partial charge in [-0.15, -0.1) is 0 Å². The Morgan fingerprint density at radius 3 is 2.47 bits per heavy atom. The molecule has 0 spiro atoms. The fourth-order valence-corrected chi connectivity index (χ4v) is 1.22. The van der Waals surface area contributed by atoms with Crippen LogP contribution in [-0.4, -0.2) is 19.5 Å². The van der Waals surface area contributed by atoms with Crippen molar-refractivity contribution in [2.24, 2.45) is 5.18 Å². The molecular formula is C11H13N2O2. The van der Waals surface area contributed by atoms with Crippen LogP contribution in [0.5, 0.6) is 0 Å². The van der Waals surface area contributed by atoms with Gasteiger partial charge in [0.25, 0.3) is 0 Å². The van der Waals surface area contributed by atoms with E-state index in [-0.39, 0.29) is 12.5 Å². The van der Waals surface area contributed by atoms with E-state index in [1.807, 2.05) is 30.3 Å². The van der Waals surface area contributed by atoms with Crippen LogP contribution in [0.3, 0.4) is 0 Å². The number of amides is 1. The average Bonchev–Trinajstić information content (AvgIpc) is 2.28. The molecule has 0 aliphatic heterocycles. The summed E-state index contributed by atoms with van der Waals surface area (Å²) >= 11 is 0. The minimum atomic E-state index is -0.180. The van der Waals surface area contributed by atoms with Gasteiger partial charge in [-0.2, -0.15) is 4.91 Å². The Morgan fingerprint density at radius 1 is 1.33 bits per heavy atom. The second kappa shape index (κ2) is 5.24. The van der Waals surface area contributed by atoms with E-state index in [0.717, 1.165) is 5.69 Å². The normalized spacial score (nSPS) is 10.1. The maximum atomic E-state index is 11.7. The number of hydrogen-bond acceptors (Lipinski definition) is 3. The smallest absolute Gasteiger partial charge is 0.235 e. The van der Waals surface area contributed by atoms with Crippen LogP contribution in [0.1, 0.15) is 6.92 Å². The molecule has 0 N–H and O–H groups in total. The van der Waals surface area contributed by atoms with Crippen molar-refractivity contribution in [3.63, 3.8) is 0 Å². The standard InChI is InChI=1S/C11H13N2O2/c1-9(8-12-15)11(14)13(2)10-6-4-3-5-7-10/h3-7H,8H2,1-2H3. The van der Waals surface area contributed by atoms with Gasteiger partial charge in [-0.3, -0.25) is 4.79 Å². The number of benzene rings is 1. The van der Waals surface area contributed by atoms with Crippen LogP contribution in [0.15, 0.2) is 35.5 Å². The summed E-state index contributed by atoms with van der Waals surface area (Å²) in [5.41, 5.74) is 0.799. The van der Waals surface area contributed by atoms with Crippen LogP contribution in [0.2, 0.25) is 0 Å². The number of nitrogens with zero attached hydrogens (tertiary/aromatic N) is 2. The highest BCUT2D eigenvalue weighted by atomic mass is 16.3. The van der Waals surface area contributed by atoms with Gasteiger partial charge in [0.1, 0.15) is 0 Å². The first-order valence-corrected chi connectivity index (χ1v) is 4.61. The summed E-state index contributed by atoms with van der Waals surface area (Å²) in [7, 11) is 1.67. The number of hydrogen-bond donors (Lipinski definition) is 0. The molecule has 1 rings (SSSR count). The zero-order chi connectivity index (χ0) is 11.3. The molecule has 0 aliphatic carbocycles. The van der Waals surface area contributed by atoms with E-state index in [1.54, 1.807) is 14.0 Å². The third-order valence-electron chi connectivity index (χ3n) is 2.11. The summed E-state index contributed by atoms with van der Waals surface area (Å²) in [5, 5.41) is 2.70. The quantitative estimate of drug-likeness (QED) is 0.706. The molecule has 79 valence electrons. The minimum Gasteiger partial charge on any atom is -0.315 e. The topological polar surface area (TPSA) is 49.7 Å². The molecule has 0 bridgehead atoms. The highest BCUT2D eigenvalue weighted by molar-refractivity contribution is 6.02. The zero-order valence-corrected chi connectivity index (χ0v) is 8.80. The van der Waals surface area contributed by atoms with Crippen molar-refractivity contribution in [2.75, 3.05) is 18.5 Å². The van der Waals surface area contributed by atoms with Crippen LogP contribution in [0, 0.1) is 10.8 Å². The summed E-state index contributed by atoms with van der Waals surface area (Å²) < 4.78 is 0. The molecule has 0 aliphatic rings. The molecule has 0 aromatic heterocycles. The fraction of sp³-hybridized carbons (Fsp3) is 0.273. The first-order valence-electron chi connectivity index (χ1n) is 4.61. The lowest BCUT2D eigenvalue weighted by molar-refractivity contribution is -0.116. The summed E-state index contributed by atoms with van der Waals surface area (Å²) in [6.45, 7) is 1.55. The van der Waals surface area contributed by atoms with Gasteiger partial charge in [0.2, 0.25) is 5.91 Å². The molecule has 0 atom stereocenters. The molecule has 1 radical (unpaired) electrons. The molecule has 0 saturated heterocycles. The predicted octanol–water partition coefficient (Wildman–Crippen LogP) is 2.01. The van der Waals surface area contributed by atoms with Crippen molar-refractivity contribution in [1.82, 2.24) is 0 Å². The summed E-state index contributed by atoms with van der Waals surface area (Å²) in [4.78, 5) is 23.3. The molecule has 4 nitrogen and oxygen atoms in total. The Balaban J connectivity index is 2.72. The van der Waals surface area contributed by atoms with Crippen LogP contribution < -0.4 is 4.90 Å². The third kappa shape index (κ3) is 2.87. The second-order valence-corrected chi connectivity index (χ2v) is 3.27. The number of anilines is 1. The maximum absolute atomic E-state index is 11.7. The Hall–Kier alpha value is -1.71. The van der Waals surface area contributed by atoms with Gasteiger partial charge in [-0.1, -0.05) is 23.4 Å². The minimum absolute atomic E-state index is 0.0595. The molecule has 1 aromatic carbocycles. The predicted molar refractivity (Wildman–Crippen MR) is 59.4 cm³/mol. The molecule has 4 heteroatoms. The van der Waals surface area contributed by atoms with Crippen LogP contribution in [-0.2, 0) is 4.79 Å².